The average Bonchev–Trinajstić information content (AvgIpc) is 2.31. The first-order chi connectivity index (χ1) is 9.50. The number of nitrogen functional groups attached to an aromatic ring is 2. The van der Waals surface area contributed by atoms with Gasteiger partial charge in [0.1, 0.15) is 10.1 Å². The second-order valence-electron chi connectivity index (χ2n) is 5.49. The second-order valence-corrected chi connectivity index (χ2v) is 6.84. The minimum absolute atomic E-state index is 0.0841. The summed E-state index contributed by atoms with van der Waals surface area (Å²) in [4.78, 5) is 1.22. The van der Waals surface area contributed by atoms with E-state index < -0.39 is 15.0 Å². The molecule has 21 heavy (non-hydrogen) atoms. The van der Waals surface area contributed by atoms with E-state index in [0.717, 1.165) is 18.2 Å². The Balaban J connectivity index is 0.000000400. The Labute approximate surface area is 127 Å². The molecule has 0 aromatic heterocycles. The summed E-state index contributed by atoms with van der Waals surface area (Å²) in [6.45, 7) is 12.6. The highest BCUT2D eigenvalue weighted by molar-refractivity contribution is 7.86. The van der Waals surface area contributed by atoms with Crippen molar-refractivity contribution in [2.45, 2.75) is 51.6 Å². The van der Waals surface area contributed by atoms with Crippen LogP contribution in [0.3, 0.4) is 0 Å². The number of benzene rings is 1. The minimum Gasteiger partial charge on any atom is -0.744 e. The zero-order valence-electron chi connectivity index (χ0n) is 13.4. The third kappa shape index (κ3) is 6.79. The van der Waals surface area contributed by atoms with Crippen LogP contribution < -0.4 is 16.4 Å². The number of anilines is 2. The lowest BCUT2D eigenvalue weighted by molar-refractivity contribution is -0.940. The van der Waals surface area contributed by atoms with Crippen LogP contribution in [-0.2, 0) is 10.1 Å². The fourth-order valence-electron chi connectivity index (χ4n) is 2.25. The predicted molar refractivity (Wildman–Crippen MR) is 85.0 cm³/mol. The van der Waals surface area contributed by atoms with Gasteiger partial charge in [0.05, 0.1) is 23.5 Å². The van der Waals surface area contributed by atoms with Crippen LogP contribution >= 0.6 is 0 Å². The van der Waals surface area contributed by atoms with Crippen molar-refractivity contribution in [1.82, 2.24) is 0 Å². The van der Waals surface area contributed by atoms with Gasteiger partial charge in [-0.1, -0.05) is 0 Å². The molecule has 0 fully saturated rings. The molecule has 1 rings (SSSR count). The zero-order valence-corrected chi connectivity index (χ0v) is 14.2. The number of rotatable bonds is 4. The molecule has 7 heteroatoms. The second kappa shape index (κ2) is 8.21. The van der Waals surface area contributed by atoms with Crippen molar-refractivity contribution in [3.8, 4) is 0 Å². The Morgan fingerprint density at radius 3 is 1.86 bits per heavy atom. The van der Waals surface area contributed by atoms with E-state index in [1.165, 1.54) is 18.7 Å². The number of nitrogens with two attached hydrogens (primary N) is 2. The number of nitrogens with one attached hydrogen (secondary N) is 1. The quantitative estimate of drug-likeness (QED) is 0.551. The molecule has 0 saturated carbocycles. The normalized spacial score (nSPS) is 11.7. The Kier molecular flexibility index (Phi) is 7.70. The minimum atomic E-state index is -4.51. The van der Waals surface area contributed by atoms with E-state index in [1.54, 1.807) is 4.90 Å². The predicted octanol–water partition coefficient (Wildman–Crippen LogP) is 0.463. The molecule has 6 nitrogen and oxygen atoms in total. The largest absolute Gasteiger partial charge is 0.744 e. The first-order valence-electron chi connectivity index (χ1n) is 6.97. The third-order valence-corrected chi connectivity index (χ3v) is 4.09. The van der Waals surface area contributed by atoms with Crippen LogP contribution in [0.15, 0.2) is 23.1 Å². The maximum atomic E-state index is 10.5. The van der Waals surface area contributed by atoms with Crippen LogP contribution in [0.5, 0.6) is 0 Å². The average molecular weight is 317 g/mol. The van der Waals surface area contributed by atoms with Gasteiger partial charge in [0.25, 0.3) is 0 Å². The monoisotopic (exact) mass is 317 g/mol. The van der Waals surface area contributed by atoms with Crippen molar-refractivity contribution in [3.63, 3.8) is 0 Å². The van der Waals surface area contributed by atoms with E-state index >= 15 is 0 Å². The van der Waals surface area contributed by atoms with Gasteiger partial charge >= 0.3 is 0 Å². The first-order valence-corrected chi connectivity index (χ1v) is 8.38. The summed E-state index contributed by atoms with van der Waals surface area (Å²) in [5, 5.41) is 0. The molecule has 0 aliphatic heterocycles. The molecule has 0 atom stereocenters. The summed E-state index contributed by atoms with van der Waals surface area (Å²) in [5.41, 5.74) is 10.6. The van der Waals surface area contributed by atoms with Gasteiger partial charge in [-0.05, 0) is 52.8 Å². The van der Waals surface area contributed by atoms with Gasteiger partial charge in [0.15, 0.2) is 0 Å². The van der Waals surface area contributed by atoms with Crippen LogP contribution in [0.2, 0.25) is 0 Å². The maximum absolute atomic E-state index is 10.5. The molecule has 122 valence electrons. The van der Waals surface area contributed by atoms with E-state index in [1.807, 2.05) is 0 Å². The van der Waals surface area contributed by atoms with E-state index in [2.05, 4.69) is 34.6 Å². The molecular formula is C14H27N3O3S. The van der Waals surface area contributed by atoms with Gasteiger partial charge < -0.3 is 20.9 Å². The lowest BCUT2D eigenvalue weighted by Crippen LogP contribution is -3.17. The van der Waals surface area contributed by atoms with E-state index in [-0.39, 0.29) is 11.4 Å². The van der Waals surface area contributed by atoms with Gasteiger partial charge in [-0.3, -0.25) is 0 Å². The fourth-order valence-corrected chi connectivity index (χ4v) is 2.89. The summed E-state index contributed by atoms with van der Waals surface area (Å²) in [5.74, 6) is 0. The number of quaternary nitrogens is 1. The molecule has 5 N–H and O–H groups in total. The summed E-state index contributed by atoms with van der Waals surface area (Å²) in [6, 6.07) is 5.28. The standard InChI is InChI=1S/C8H19N.C6H8N2O3S/c1-6-9(7(2)3)8(4)5;7-4-1-2-5(8)6(3-4)12(9,10)11/h7-8H,6H2,1-5H3;1-3H,7-8H2,(H,9,10,11). The Morgan fingerprint density at radius 1 is 1.14 bits per heavy atom. The highest BCUT2D eigenvalue weighted by Gasteiger charge is 2.13. The van der Waals surface area contributed by atoms with Crippen LogP contribution in [0, 0.1) is 0 Å². The topological polar surface area (TPSA) is 114 Å². The number of hydrogen-bond acceptors (Lipinski definition) is 5. The highest BCUT2D eigenvalue weighted by atomic mass is 32.2. The summed E-state index contributed by atoms with van der Waals surface area (Å²) in [7, 11) is -4.51. The van der Waals surface area contributed by atoms with Crippen molar-refractivity contribution >= 4 is 21.5 Å². The molecule has 0 bridgehead atoms. The Bertz CT molecular complexity index is 534. The van der Waals surface area contributed by atoms with Crippen LogP contribution in [0.1, 0.15) is 34.6 Å². The molecule has 0 aliphatic rings. The smallest absolute Gasteiger partial charge is 0.126 e. The molecule has 0 aliphatic carbocycles. The first kappa shape index (κ1) is 19.7. The third-order valence-electron chi connectivity index (χ3n) is 3.20. The molecule has 1 aromatic rings. The molecule has 0 saturated heterocycles. The maximum Gasteiger partial charge on any atom is 0.126 e. The Hall–Kier alpha value is -1.31. The van der Waals surface area contributed by atoms with Crippen molar-refractivity contribution in [2.24, 2.45) is 0 Å². The Morgan fingerprint density at radius 2 is 1.62 bits per heavy atom. The summed E-state index contributed by atoms with van der Waals surface area (Å²) in [6.07, 6.45) is 0. The van der Waals surface area contributed by atoms with Gasteiger partial charge in [0, 0.05) is 11.4 Å². The van der Waals surface area contributed by atoms with Gasteiger partial charge in [-0.25, -0.2) is 8.42 Å². The lowest BCUT2D eigenvalue weighted by atomic mass is 10.2. The highest BCUT2D eigenvalue weighted by Crippen LogP contribution is 2.20. The molecular weight excluding hydrogens is 290 g/mol. The SMILES string of the molecule is CC[NH+](C(C)C)C(C)C.Nc1ccc(N)c(S(=O)(=O)[O-])c1. The van der Waals surface area contributed by atoms with Crippen molar-refractivity contribution < 1.29 is 17.9 Å². The molecule has 0 unspecified atom stereocenters. The van der Waals surface area contributed by atoms with E-state index in [4.69, 9.17) is 11.5 Å². The van der Waals surface area contributed by atoms with E-state index in [0.29, 0.717) is 0 Å². The number of hydrogen-bond donors (Lipinski definition) is 3. The molecule has 0 amide bonds. The van der Waals surface area contributed by atoms with Gasteiger partial charge in [-0.2, -0.15) is 0 Å². The van der Waals surface area contributed by atoms with Crippen molar-refractivity contribution in [1.29, 1.82) is 0 Å². The summed E-state index contributed by atoms with van der Waals surface area (Å²) < 4.78 is 31.5. The van der Waals surface area contributed by atoms with Crippen LogP contribution in [0.4, 0.5) is 11.4 Å². The van der Waals surface area contributed by atoms with Gasteiger partial charge in [0.2, 0.25) is 0 Å². The fraction of sp³-hybridized carbons (Fsp3) is 0.571. The van der Waals surface area contributed by atoms with Gasteiger partial charge in [-0.15, -0.1) is 0 Å². The molecule has 1 aromatic carbocycles. The van der Waals surface area contributed by atoms with Crippen molar-refractivity contribution in [2.75, 3.05) is 18.0 Å². The van der Waals surface area contributed by atoms with E-state index in [9.17, 15) is 13.0 Å². The lowest BCUT2D eigenvalue weighted by Gasteiger charge is -2.25. The van der Waals surface area contributed by atoms with Crippen LogP contribution in [0.25, 0.3) is 0 Å². The van der Waals surface area contributed by atoms with Crippen molar-refractivity contribution in [3.05, 3.63) is 18.2 Å². The zero-order chi connectivity index (χ0) is 16.8. The molecule has 0 spiro atoms. The molecule has 0 heterocycles. The molecule has 0 radical (unpaired) electrons. The van der Waals surface area contributed by atoms with Crippen LogP contribution in [-0.4, -0.2) is 31.6 Å². The summed E-state index contributed by atoms with van der Waals surface area (Å²) >= 11 is 0.